The standard InChI is InChI=1S/C24H19ClF3N5O2/c25-19-5-4-16(13-18(19)24(26,27)28)23(34)30-17-3-1-2-15(12-17)20-6-7-29-21-14-22(31-33(20)21)32-8-10-35-11-9-32/h1-7,12-14H,8-11H2,(H,30,34). The van der Waals surface area contributed by atoms with Crippen LogP contribution in [0.15, 0.2) is 60.8 Å². The van der Waals surface area contributed by atoms with Gasteiger partial charge in [0.05, 0.1) is 29.5 Å². The van der Waals surface area contributed by atoms with E-state index in [1.165, 1.54) is 6.07 Å². The second-order valence-corrected chi connectivity index (χ2v) is 8.34. The van der Waals surface area contributed by atoms with Crippen molar-refractivity contribution in [3.63, 3.8) is 0 Å². The summed E-state index contributed by atoms with van der Waals surface area (Å²) >= 11 is 5.66. The summed E-state index contributed by atoms with van der Waals surface area (Å²) < 4.78 is 46.6. The monoisotopic (exact) mass is 501 g/mol. The van der Waals surface area contributed by atoms with Crippen LogP contribution in [-0.4, -0.2) is 46.8 Å². The number of aromatic nitrogens is 3. The molecular formula is C24H19ClF3N5O2. The molecule has 4 aromatic rings. The molecule has 0 aliphatic carbocycles. The van der Waals surface area contributed by atoms with E-state index in [1.54, 1.807) is 35.0 Å². The minimum atomic E-state index is -4.66. The highest BCUT2D eigenvalue weighted by atomic mass is 35.5. The van der Waals surface area contributed by atoms with Gasteiger partial charge in [0.2, 0.25) is 0 Å². The van der Waals surface area contributed by atoms with E-state index in [-0.39, 0.29) is 5.56 Å². The predicted octanol–water partition coefficient (Wildman–Crippen LogP) is 5.16. The van der Waals surface area contributed by atoms with Gasteiger partial charge in [0.25, 0.3) is 5.91 Å². The number of morpholine rings is 1. The van der Waals surface area contributed by atoms with Crippen LogP contribution in [0.1, 0.15) is 15.9 Å². The number of anilines is 2. The zero-order chi connectivity index (χ0) is 24.6. The molecule has 0 unspecified atom stereocenters. The highest BCUT2D eigenvalue weighted by Crippen LogP contribution is 2.35. The fourth-order valence-corrected chi connectivity index (χ4v) is 4.12. The highest BCUT2D eigenvalue weighted by molar-refractivity contribution is 6.31. The maximum Gasteiger partial charge on any atom is 0.417 e. The third-order valence-corrected chi connectivity index (χ3v) is 5.96. The second-order valence-electron chi connectivity index (χ2n) is 7.93. The molecule has 0 bridgehead atoms. The van der Waals surface area contributed by atoms with Crippen LogP contribution in [-0.2, 0) is 10.9 Å². The van der Waals surface area contributed by atoms with Crippen molar-refractivity contribution < 1.29 is 22.7 Å². The van der Waals surface area contributed by atoms with E-state index < -0.39 is 22.7 Å². The Morgan fingerprint density at radius 3 is 2.63 bits per heavy atom. The molecule has 1 N–H and O–H groups in total. The zero-order valence-electron chi connectivity index (χ0n) is 18.2. The number of rotatable bonds is 4. The van der Waals surface area contributed by atoms with Crippen LogP contribution < -0.4 is 10.2 Å². The van der Waals surface area contributed by atoms with Crippen LogP contribution in [0.25, 0.3) is 16.9 Å². The predicted molar refractivity (Wildman–Crippen MR) is 126 cm³/mol. The summed E-state index contributed by atoms with van der Waals surface area (Å²) in [6.07, 6.45) is -2.99. The average Bonchev–Trinajstić information content (AvgIpc) is 3.29. The minimum Gasteiger partial charge on any atom is -0.378 e. The second kappa shape index (κ2) is 9.20. The van der Waals surface area contributed by atoms with Crippen LogP contribution >= 0.6 is 11.6 Å². The van der Waals surface area contributed by atoms with E-state index in [2.05, 4.69) is 15.2 Å². The molecule has 2 aromatic carbocycles. The minimum absolute atomic E-state index is 0.152. The summed E-state index contributed by atoms with van der Waals surface area (Å²) in [5.41, 5.74) is 1.37. The maximum atomic E-state index is 13.2. The van der Waals surface area contributed by atoms with Crippen molar-refractivity contribution in [2.45, 2.75) is 6.18 Å². The number of carbonyl (C=O) groups excluding carboxylic acids is 1. The number of fused-ring (bicyclic) bond motifs is 1. The van der Waals surface area contributed by atoms with Crippen LogP contribution in [0.4, 0.5) is 24.7 Å². The fourth-order valence-electron chi connectivity index (χ4n) is 3.89. The lowest BCUT2D eigenvalue weighted by Gasteiger charge is -2.26. The first-order chi connectivity index (χ1) is 16.8. The van der Waals surface area contributed by atoms with Crippen LogP contribution in [0, 0.1) is 0 Å². The number of nitrogens with zero attached hydrogens (tertiary/aromatic N) is 4. The Morgan fingerprint density at radius 1 is 1.06 bits per heavy atom. The molecule has 1 aliphatic rings. The van der Waals surface area contributed by atoms with Crippen LogP contribution in [0.5, 0.6) is 0 Å². The lowest BCUT2D eigenvalue weighted by molar-refractivity contribution is -0.137. The topological polar surface area (TPSA) is 71.8 Å². The van der Waals surface area contributed by atoms with Crippen molar-refractivity contribution in [1.29, 1.82) is 0 Å². The maximum absolute atomic E-state index is 13.2. The number of hydrogen-bond donors (Lipinski definition) is 1. The van der Waals surface area contributed by atoms with Gasteiger partial charge in [0, 0.05) is 42.2 Å². The molecule has 0 radical (unpaired) electrons. The van der Waals surface area contributed by atoms with Gasteiger partial charge in [-0.15, -0.1) is 5.10 Å². The van der Waals surface area contributed by atoms with Crippen molar-refractivity contribution >= 4 is 34.7 Å². The molecule has 5 rings (SSSR count). The number of hydrogen-bond acceptors (Lipinski definition) is 5. The number of ether oxygens (including phenoxy) is 1. The number of nitrogens with one attached hydrogen (secondary N) is 1. The molecule has 0 atom stereocenters. The fraction of sp³-hybridized carbons (Fsp3) is 0.208. The first-order valence-electron chi connectivity index (χ1n) is 10.8. The van der Waals surface area contributed by atoms with E-state index >= 15 is 0 Å². The highest BCUT2D eigenvalue weighted by Gasteiger charge is 2.33. The summed E-state index contributed by atoms with van der Waals surface area (Å²) in [7, 11) is 0. The summed E-state index contributed by atoms with van der Waals surface area (Å²) in [4.78, 5) is 19.2. The summed E-state index contributed by atoms with van der Waals surface area (Å²) in [5.74, 6) is 0.110. The van der Waals surface area contributed by atoms with Gasteiger partial charge in [0.15, 0.2) is 11.5 Å². The van der Waals surface area contributed by atoms with Crippen LogP contribution in [0.3, 0.4) is 0 Å². The van der Waals surface area contributed by atoms with E-state index in [0.29, 0.717) is 24.5 Å². The number of benzene rings is 2. The molecule has 3 heterocycles. The molecule has 35 heavy (non-hydrogen) atoms. The van der Waals surface area contributed by atoms with Gasteiger partial charge in [-0.1, -0.05) is 23.7 Å². The van der Waals surface area contributed by atoms with E-state index in [1.807, 2.05) is 12.1 Å². The normalized spacial score (nSPS) is 14.3. The lowest BCUT2D eigenvalue weighted by Crippen LogP contribution is -2.36. The lowest BCUT2D eigenvalue weighted by atomic mass is 10.1. The molecule has 0 saturated carbocycles. The molecule has 1 amide bonds. The van der Waals surface area contributed by atoms with Crippen LogP contribution in [0.2, 0.25) is 5.02 Å². The van der Waals surface area contributed by atoms with Crippen molar-refractivity contribution in [3.8, 4) is 11.3 Å². The first kappa shape index (κ1) is 23.1. The van der Waals surface area contributed by atoms with Gasteiger partial charge in [-0.25, -0.2) is 9.50 Å². The van der Waals surface area contributed by atoms with Gasteiger partial charge in [0.1, 0.15) is 0 Å². The smallest absolute Gasteiger partial charge is 0.378 e. The van der Waals surface area contributed by atoms with Crippen molar-refractivity contribution in [3.05, 3.63) is 76.9 Å². The molecule has 180 valence electrons. The first-order valence-corrected chi connectivity index (χ1v) is 11.1. The summed E-state index contributed by atoms with van der Waals surface area (Å²) in [6.45, 7) is 2.74. The molecular weight excluding hydrogens is 483 g/mol. The number of halogens is 4. The van der Waals surface area contributed by atoms with Gasteiger partial charge in [-0.2, -0.15) is 13.2 Å². The molecule has 0 spiro atoms. The van der Waals surface area contributed by atoms with Gasteiger partial charge >= 0.3 is 6.18 Å². The molecule has 1 fully saturated rings. The SMILES string of the molecule is O=C(Nc1cccc(-c2ccnc3cc(N4CCOCC4)nn23)c1)c1ccc(Cl)c(C(F)(F)F)c1. The van der Waals surface area contributed by atoms with E-state index in [0.717, 1.165) is 42.3 Å². The number of carbonyl (C=O) groups is 1. The summed E-state index contributed by atoms with van der Waals surface area (Å²) in [5, 5.41) is 6.90. The van der Waals surface area contributed by atoms with Gasteiger partial charge < -0.3 is 15.0 Å². The molecule has 2 aromatic heterocycles. The molecule has 1 aliphatic heterocycles. The third-order valence-electron chi connectivity index (χ3n) is 5.63. The Labute approximate surface area is 203 Å². The zero-order valence-corrected chi connectivity index (χ0v) is 19.0. The Morgan fingerprint density at radius 2 is 1.86 bits per heavy atom. The largest absolute Gasteiger partial charge is 0.417 e. The Balaban J connectivity index is 1.43. The number of amides is 1. The van der Waals surface area contributed by atoms with E-state index in [4.69, 9.17) is 21.4 Å². The van der Waals surface area contributed by atoms with E-state index in [9.17, 15) is 18.0 Å². The summed E-state index contributed by atoms with van der Waals surface area (Å²) in [6, 6.07) is 13.7. The van der Waals surface area contributed by atoms with Gasteiger partial charge in [-0.05, 0) is 36.4 Å². The van der Waals surface area contributed by atoms with Gasteiger partial charge in [-0.3, -0.25) is 4.79 Å². The third kappa shape index (κ3) is 4.80. The molecule has 1 saturated heterocycles. The Hall–Kier alpha value is -3.63. The quantitative estimate of drug-likeness (QED) is 0.418. The molecule has 11 heteroatoms. The Kier molecular flexibility index (Phi) is 6.08. The Bertz CT molecular complexity index is 1400. The van der Waals surface area contributed by atoms with Crippen molar-refractivity contribution in [2.75, 3.05) is 36.5 Å². The average molecular weight is 502 g/mol. The number of alkyl halides is 3. The molecule has 7 nitrogen and oxygen atoms in total. The van der Waals surface area contributed by atoms with Crippen molar-refractivity contribution in [1.82, 2.24) is 14.6 Å². The van der Waals surface area contributed by atoms with Crippen molar-refractivity contribution in [2.24, 2.45) is 0 Å².